The summed E-state index contributed by atoms with van der Waals surface area (Å²) >= 11 is 0. The van der Waals surface area contributed by atoms with E-state index in [0.717, 1.165) is 36.4 Å². The molecule has 5 nitrogen and oxygen atoms in total. The fraction of sp³-hybridized carbons (Fsp3) is 0.391. The highest BCUT2D eigenvalue weighted by Gasteiger charge is 2.13. The third-order valence-electron chi connectivity index (χ3n) is 5.00. The Morgan fingerprint density at radius 1 is 0.750 bits per heavy atom. The summed E-state index contributed by atoms with van der Waals surface area (Å²) in [4.78, 5) is 26.6. The van der Waals surface area contributed by atoms with Gasteiger partial charge in [0.15, 0.2) is 0 Å². The Hall–Kier alpha value is -2.66. The van der Waals surface area contributed by atoms with E-state index in [2.05, 4.69) is 15.5 Å². The molecular formula is C23H29N3O2. The van der Waals surface area contributed by atoms with Crippen molar-refractivity contribution in [2.45, 2.75) is 38.5 Å². The first-order valence-electron chi connectivity index (χ1n) is 10.1. The lowest BCUT2D eigenvalue weighted by atomic mass is 10.1. The van der Waals surface area contributed by atoms with E-state index >= 15 is 0 Å². The number of nitrogens with zero attached hydrogens (tertiary/aromatic N) is 1. The van der Waals surface area contributed by atoms with Gasteiger partial charge in [0.2, 0.25) is 11.8 Å². The second-order valence-electron chi connectivity index (χ2n) is 7.35. The number of rotatable bonds is 7. The molecule has 0 spiro atoms. The zero-order chi connectivity index (χ0) is 19.6. The van der Waals surface area contributed by atoms with Gasteiger partial charge in [-0.05, 0) is 62.2 Å². The summed E-state index contributed by atoms with van der Waals surface area (Å²) in [5.74, 6) is 0.00310. The van der Waals surface area contributed by atoms with Gasteiger partial charge in [-0.15, -0.1) is 0 Å². The third-order valence-corrected chi connectivity index (χ3v) is 5.00. The molecule has 1 aliphatic rings. The van der Waals surface area contributed by atoms with Gasteiger partial charge in [-0.3, -0.25) is 14.5 Å². The van der Waals surface area contributed by atoms with Crippen LogP contribution in [-0.2, 0) is 16.0 Å². The molecular weight excluding hydrogens is 350 g/mol. The molecule has 2 N–H and O–H groups in total. The number of hydrogen-bond donors (Lipinski definition) is 2. The largest absolute Gasteiger partial charge is 0.326 e. The molecule has 2 amide bonds. The first-order valence-corrected chi connectivity index (χ1v) is 10.1. The summed E-state index contributed by atoms with van der Waals surface area (Å²) in [6, 6.07) is 17.3. The van der Waals surface area contributed by atoms with Crippen molar-refractivity contribution < 1.29 is 9.59 Å². The molecule has 0 aromatic heterocycles. The van der Waals surface area contributed by atoms with Gasteiger partial charge in [0.05, 0.1) is 6.54 Å². The Balaban J connectivity index is 1.42. The maximum absolute atomic E-state index is 12.3. The average Bonchev–Trinajstić information content (AvgIpc) is 2.97. The summed E-state index contributed by atoms with van der Waals surface area (Å²) in [6.45, 7) is 2.45. The Bertz CT molecular complexity index is 751. The fourth-order valence-corrected chi connectivity index (χ4v) is 3.46. The van der Waals surface area contributed by atoms with Crippen LogP contribution >= 0.6 is 0 Å². The standard InChI is InChI=1S/C23H29N3O2/c27-22(15-10-19-8-4-3-5-9-19)24-20-11-13-21(14-12-20)25-23(28)18-26-16-6-1-2-7-17-26/h3-5,8-9,11-14H,1-2,6-7,10,15-18H2,(H,24,27)(H,25,28). The molecule has 148 valence electrons. The summed E-state index contributed by atoms with van der Waals surface area (Å²) in [5, 5.41) is 5.85. The van der Waals surface area contributed by atoms with E-state index in [4.69, 9.17) is 0 Å². The molecule has 2 aromatic rings. The smallest absolute Gasteiger partial charge is 0.238 e. The number of carbonyl (C=O) groups is 2. The quantitative estimate of drug-likeness (QED) is 0.762. The molecule has 0 atom stereocenters. The molecule has 1 aliphatic heterocycles. The van der Waals surface area contributed by atoms with Crippen LogP contribution in [0.3, 0.4) is 0 Å². The molecule has 5 heteroatoms. The van der Waals surface area contributed by atoms with Gasteiger partial charge < -0.3 is 10.6 Å². The topological polar surface area (TPSA) is 61.4 Å². The third kappa shape index (κ3) is 6.82. The van der Waals surface area contributed by atoms with E-state index in [1.807, 2.05) is 54.6 Å². The van der Waals surface area contributed by atoms with E-state index in [1.54, 1.807) is 0 Å². The van der Waals surface area contributed by atoms with Crippen molar-refractivity contribution in [3.63, 3.8) is 0 Å². The maximum atomic E-state index is 12.3. The number of hydrogen-bond acceptors (Lipinski definition) is 3. The van der Waals surface area contributed by atoms with Gasteiger partial charge >= 0.3 is 0 Å². The van der Waals surface area contributed by atoms with Crippen LogP contribution < -0.4 is 10.6 Å². The van der Waals surface area contributed by atoms with Gasteiger partial charge in [0.25, 0.3) is 0 Å². The van der Waals surface area contributed by atoms with E-state index in [9.17, 15) is 9.59 Å². The first-order chi connectivity index (χ1) is 13.7. The first kappa shape index (κ1) is 20.1. The highest BCUT2D eigenvalue weighted by atomic mass is 16.2. The molecule has 1 heterocycles. The van der Waals surface area contributed by atoms with Gasteiger partial charge in [-0.2, -0.15) is 0 Å². The Morgan fingerprint density at radius 2 is 1.32 bits per heavy atom. The molecule has 3 rings (SSSR count). The summed E-state index contributed by atoms with van der Waals surface area (Å²) in [7, 11) is 0. The van der Waals surface area contributed by atoms with Crippen molar-refractivity contribution in [1.82, 2.24) is 4.90 Å². The van der Waals surface area contributed by atoms with Gasteiger partial charge in [0.1, 0.15) is 0 Å². The second-order valence-corrected chi connectivity index (χ2v) is 7.35. The van der Waals surface area contributed by atoms with Crippen molar-refractivity contribution in [3.05, 3.63) is 60.2 Å². The highest BCUT2D eigenvalue weighted by Crippen LogP contribution is 2.15. The van der Waals surface area contributed by atoms with Crippen LogP contribution in [0.15, 0.2) is 54.6 Å². The molecule has 0 radical (unpaired) electrons. The summed E-state index contributed by atoms with van der Waals surface area (Å²) in [5.41, 5.74) is 2.64. The molecule has 0 bridgehead atoms. The average molecular weight is 380 g/mol. The summed E-state index contributed by atoms with van der Waals surface area (Å²) < 4.78 is 0. The molecule has 0 aliphatic carbocycles. The number of anilines is 2. The van der Waals surface area contributed by atoms with Crippen LogP contribution in [-0.4, -0.2) is 36.3 Å². The van der Waals surface area contributed by atoms with Crippen molar-refractivity contribution in [3.8, 4) is 0 Å². The lowest BCUT2D eigenvalue weighted by Crippen LogP contribution is -2.33. The zero-order valence-electron chi connectivity index (χ0n) is 16.3. The number of nitrogens with one attached hydrogen (secondary N) is 2. The molecule has 2 aromatic carbocycles. The van der Waals surface area contributed by atoms with Crippen LogP contribution in [0.5, 0.6) is 0 Å². The molecule has 1 fully saturated rings. The van der Waals surface area contributed by atoms with E-state index < -0.39 is 0 Å². The van der Waals surface area contributed by atoms with Crippen LogP contribution in [0.2, 0.25) is 0 Å². The number of benzene rings is 2. The van der Waals surface area contributed by atoms with Crippen LogP contribution in [0.1, 0.15) is 37.7 Å². The lowest BCUT2D eigenvalue weighted by Gasteiger charge is -2.19. The van der Waals surface area contributed by atoms with Crippen molar-refractivity contribution in [2.75, 3.05) is 30.3 Å². The highest BCUT2D eigenvalue weighted by molar-refractivity contribution is 5.93. The van der Waals surface area contributed by atoms with Crippen LogP contribution in [0.4, 0.5) is 11.4 Å². The Kier molecular flexibility index (Phi) is 7.62. The number of aryl methyl sites for hydroxylation is 1. The molecule has 1 saturated heterocycles. The van der Waals surface area contributed by atoms with Gasteiger partial charge in [-0.25, -0.2) is 0 Å². The van der Waals surface area contributed by atoms with E-state index in [0.29, 0.717) is 13.0 Å². The van der Waals surface area contributed by atoms with Gasteiger partial charge in [-0.1, -0.05) is 43.2 Å². The zero-order valence-corrected chi connectivity index (χ0v) is 16.3. The number of likely N-dealkylation sites (tertiary alicyclic amines) is 1. The maximum Gasteiger partial charge on any atom is 0.238 e. The van der Waals surface area contributed by atoms with E-state index in [1.165, 1.54) is 25.7 Å². The summed E-state index contributed by atoms with van der Waals surface area (Å²) in [6.07, 6.45) is 6.03. The van der Waals surface area contributed by atoms with Crippen molar-refractivity contribution in [1.29, 1.82) is 0 Å². The monoisotopic (exact) mass is 379 g/mol. The fourth-order valence-electron chi connectivity index (χ4n) is 3.46. The Morgan fingerprint density at radius 3 is 1.93 bits per heavy atom. The number of amides is 2. The predicted octanol–water partition coefficient (Wildman–Crippen LogP) is 4.07. The minimum atomic E-state index is -0.0122. The van der Waals surface area contributed by atoms with Crippen molar-refractivity contribution in [2.24, 2.45) is 0 Å². The second kappa shape index (κ2) is 10.6. The molecule has 0 unspecified atom stereocenters. The Labute approximate surface area is 167 Å². The SMILES string of the molecule is O=C(CCc1ccccc1)Nc1ccc(NC(=O)CN2CCCCCC2)cc1. The normalized spacial score (nSPS) is 14.9. The minimum absolute atomic E-state index is 0.0122. The van der Waals surface area contributed by atoms with E-state index in [-0.39, 0.29) is 11.8 Å². The molecule has 0 saturated carbocycles. The minimum Gasteiger partial charge on any atom is -0.326 e. The van der Waals surface area contributed by atoms with Gasteiger partial charge in [0, 0.05) is 17.8 Å². The van der Waals surface area contributed by atoms with Crippen LogP contribution in [0, 0.1) is 0 Å². The van der Waals surface area contributed by atoms with Crippen molar-refractivity contribution >= 4 is 23.2 Å². The lowest BCUT2D eigenvalue weighted by molar-refractivity contribution is -0.117. The van der Waals surface area contributed by atoms with Crippen LogP contribution in [0.25, 0.3) is 0 Å². The number of carbonyl (C=O) groups excluding carboxylic acids is 2. The molecule has 28 heavy (non-hydrogen) atoms. The predicted molar refractivity (Wildman–Crippen MR) is 113 cm³/mol.